The molecular weight excluding hydrogens is 460 g/mol. The molecule has 1 atom stereocenters. The van der Waals surface area contributed by atoms with E-state index in [0.717, 1.165) is 55.3 Å². The number of nitrogens with one attached hydrogen (secondary N) is 2. The molecule has 5 rings (SSSR count). The molecule has 3 aliphatic rings. The van der Waals surface area contributed by atoms with E-state index in [1.807, 2.05) is 31.2 Å². The van der Waals surface area contributed by atoms with Gasteiger partial charge in [-0.1, -0.05) is 48.4 Å². The lowest BCUT2D eigenvalue weighted by atomic mass is 10.1. The largest absolute Gasteiger partial charge is 0.423 e. The zero-order chi connectivity index (χ0) is 24.4. The molecule has 1 aromatic carbocycles. The van der Waals surface area contributed by atoms with Crippen LogP contribution in [0.4, 0.5) is 11.6 Å². The topological polar surface area (TPSA) is 74.7 Å². The average Bonchev–Trinajstić information content (AvgIpc) is 3.47. The fourth-order valence-electron chi connectivity index (χ4n) is 4.65. The van der Waals surface area contributed by atoms with Crippen molar-refractivity contribution < 1.29 is 4.74 Å². The van der Waals surface area contributed by atoms with E-state index in [0.29, 0.717) is 29.2 Å². The van der Waals surface area contributed by atoms with Gasteiger partial charge >= 0.3 is 6.01 Å². The first-order chi connectivity index (χ1) is 17.0. The lowest BCUT2D eigenvalue weighted by Crippen LogP contribution is -2.50. The van der Waals surface area contributed by atoms with Crippen molar-refractivity contribution in [2.75, 3.05) is 36.4 Å². The van der Waals surface area contributed by atoms with Crippen molar-refractivity contribution in [1.29, 1.82) is 0 Å². The predicted molar refractivity (Wildman–Crippen MR) is 144 cm³/mol. The van der Waals surface area contributed by atoms with Gasteiger partial charge in [-0.05, 0) is 50.0 Å². The standard InChI is InChI=1S/C27H31ClN6O/c1-4-6-18-13-23(30-15-18)31-24-14-25(34-10-9-29-20(5-2)16-34)33-27(32-24)35-22-8-7-19-11-17(3)12-21(19)26(22)28/h4,6-8,12-14,20,29H,5,9-11,15-16H2,1-3H3,(H,30,31,32,33)/b6-4+. The molecule has 1 saturated heterocycles. The highest BCUT2D eigenvalue weighted by Gasteiger charge is 2.22. The second kappa shape index (κ2) is 10.2. The van der Waals surface area contributed by atoms with Crippen LogP contribution in [-0.4, -0.2) is 48.0 Å². The maximum atomic E-state index is 6.73. The van der Waals surface area contributed by atoms with E-state index < -0.39 is 0 Å². The minimum atomic E-state index is 0.258. The van der Waals surface area contributed by atoms with E-state index in [1.165, 1.54) is 11.1 Å². The molecule has 182 valence electrons. The fourth-order valence-corrected chi connectivity index (χ4v) is 4.93. The van der Waals surface area contributed by atoms with Gasteiger partial charge in [0.25, 0.3) is 0 Å². The highest BCUT2D eigenvalue weighted by molar-refractivity contribution is 6.33. The Morgan fingerprint density at radius 1 is 1.29 bits per heavy atom. The minimum absolute atomic E-state index is 0.258. The Morgan fingerprint density at radius 3 is 3.00 bits per heavy atom. The lowest BCUT2D eigenvalue weighted by Gasteiger charge is -2.34. The highest BCUT2D eigenvalue weighted by atomic mass is 35.5. The van der Waals surface area contributed by atoms with Gasteiger partial charge < -0.3 is 20.3 Å². The molecule has 2 aliphatic heterocycles. The molecule has 1 aromatic heterocycles. The Morgan fingerprint density at radius 2 is 2.17 bits per heavy atom. The molecule has 0 radical (unpaired) electrons. The number of aliphatic imine (C=N–C) groups is 1. The predicted octanol–water partition coefficient (Wildman–Crippen LogP) is 5.40. The van der Waals surface area contributed by atoms with Gasteiger partial charge in [0.2, 0.25) is 0 Å². The summed E-state index contributed by atoms with van der Waals surface area (Å²) in [7, 11) is 0. The summed E-state index contributed by atoms with van der Waals surface area (Å²) >= 11 is 6.73. The number of fused-ring (bicyclic) bond motifs is 1. The fraction of sp³-hybridized carbons (Fsp3) is 0.370. The zero-order valence-electron chi connectivity index (χ0n) is 20.4. The SMILES string of the molecule is C/C=C/C1=CC(Nc2cc(N3CCNC(CC)C3)nc(Oc3ccc4c(c3Cl)C=C(C)C4)n2)=NC1. The van der Waals surface area contributed by atoms with Gasteiger partial charge in [-0.2, -0.15) is 9.97 Å². The summed E-state index contributed by atoms with van der Waals surface area (Å²) in [5.74, 6) is 2.79. The number of nitrogens with zero attached hydrogens (tertiary/aromatic N) is 4. The molecule has 8 heteroatoms. The third-order valence-corrected chi connectivity index (χ3v) is 6.84. The Hall–Kier alpha value is -3.16. The van der Waals surface area contributed by atoms with Crippen LogP contribution in [-0.2, 0) is 6.42 Å². The maximum absolute atomic E-state index is 6.73. The van der Waals surface area contributed by atoms with Crippen LogP contribution in [0.5, 0.6) is 11.8 Å². The van der Waals surface area contributed by atoms with Crippen molar-refractivity contribution in [3.63, 3.8) is 0 Å². The van der Waals surface area contributed by atoms with Crippen molar-refractivity contribution in [1.82, 2.24) is 15.3 Å². The first-order valence-electron chi connectivity index (χ1n) is 12.2. The summed E-state index contributed by atoms with van der Waals surface area (Å²) in [5, 5.41) is 7.50. The van der Waals surface area contributed by atoms with Gasteiger partial charge in [-0.25, -0.2) is 0 Å². The minimum Gasteiger partial charge on any atom is -0.423 e. The molecule has 0 amide bonds. The summed E-state index contributed by atoms with van der Waals surface area (Å²) in [4.78, 5) is 16.3. The van der Waals surface area contributed by atoms with Crippen LogP contribution >= 0.6 is 11.6 Å². The van der Waals surface area contributed by atoms with Crippen molar-refractivity contribution in [2.45, 2.75) is 39.7 Å². The van der Waals surface area contributed by atoms with E-state index in [-0.39, 0.29) is 6.01 Å². The van der Waals surface area contributed by atoms with Gasteiger partial charge in [-0.3, -0.25) is 4.99 Å². The number of hydrogen-bond donors (Lipinski definition) is 2. The third kappa shape index (κ3) is 5.26. The first kappa shape index (κ1) is 23.6. The first-order valence-corrected chi connectivity index (χ1v) is 12.6. The van der Waals surface area contributed by atoms with Crippen LogP contribution in [0.15, 0.2) is 52.6 Å². The number of aromatic nitrogens is 2. The number of anilines is 2. The monoisotopic (exact) mass is 490 g/mol. The zero-order valence-corrected chi connectivity index (χ0v) is 21.2. The smallest absolute Gasteiger partial charge is 0.325 e. The number of ether oxygens (including phenoxy) is 1. The number of allylic oxidation sites excluding steroid dienone is 2. The molecule has 2 aromatic rings. The molecule has 0 spiro atoms. The number of rotatable bonds is 6. The molecule has 35 heavy (non-hydrogen) atoms. The molecule has 2 N–H and O–H groups in total. The Bertz CT molecular complexity index is 1250. The third-order valence-electron chi connectivity index (χ3n) is 6.45. The maximum Gasteiger partial charge on any atom is 0.325 e. The molecule has 0 saturated carbocycles. The van der Waals surface area contributed by atoms with Gasteiger partial charge in [0, 0.05) is 37.3 Å². The summed E-state index contributed by atoms with van der Waals surface area (Å²) < 4.78 is 6.19. The molecular formula is C27H31ClN6O. The van der Waals surface area contributed by atoms with Gasteiger partial charge in [0.15, 0.2) is 0 Å². The van der Waals surface area contributed by atoms with Crippen molar-refractivity contribution in [3.8, 4) is 11.8 Å². The quantitative estimate of drug-likeness (QED) is 0.565. The second-order valence-electron chi connectivity index (χ2n) is 9.16. The Kier molecular flexibility index (Phi) is 6.88. The average molecular weight is 491 g/mol. The van der Waals surface area contributed by atoms with Gasteiger partial charge in [0.1, 0.15) is 23.2 Å². The number of hydrogen-bond acceptors (Lipinski definition) is 7. The lowest BCUT2D eigenvalue weighted by molar-refractivity contribution is 0.430. The summed E-state index contributed by atoms with van der Waals surface area (Å²) in [6.07, 6.45) is 10.2. The van der Waals surface area contributed by atoms with Crippen LogP contribution < -0.4 is 20.3 Å². The number of halogens is 1. The number of piperazine rings is 1. The van der Waals surface area contributed by atoms with Gasteiger partial charge in [-0.15, -0.1) is 0 Å². The molecule has 1 fully saturated rings. The Balaban J connectivity index is 1.46. The summed E-state index contributed by atoms with van der Waals surface area (Å²) in [6, 6.07) is 6.61. The van der Waals surface area contributed by atoms with Crippen LogP contribution in [0.2, 0.25) is 5.02 Å². The van der Waals surface area contributed by atoms with Crippen LogP contribution in [0.25, 0.3) is 6.08 Å². The summed E-state index contributed by atoms with van der Waals surface area (Å²) in [5.41, 5.74) is 4.68. The molecule has 0 bridgehead atoms. The highest BCUT2D eigenvalue weighted by Crippen LogP contribution is 2.38. The van der Waals surface area contributed by atoms with Crippen LogP contribution in [0.1, 0.15) is 38.3 Å². The molecule has 7 nitrogen and oxygen atoms in total. The van der Waals surface area contributed by atoms with E-state index in [2.05, 4.69) is 57.6 Å². The normalized spacial score (nSPS) is 19.5. The number of benzene rings is 1. The molecule has 1 unspecified atom stereocenters. The van der Waals surface area contributed by atoms with E-state index in [4.69, 9.17) is 21.3 Å². The summed E-state index contributed by atoms with van der Waals surface area (Å²) in [6.45, 7) is 9.62. The van der Waals surface area contributed by atoms with Gasteiger partial charge in [0.05, 0.1) is 11.6 Å². The van der Waals surface area contributed by atoms with Crippen molar-refractivity contribution in [3.05, 3.63) is 63.7 Å². The Labute approximate surface area is 211 Å². The van der Waals surface area contributed by atoms with Crippen LogP contribution in [0, 0.1) is 0 Å². The molecule has 1 aliphatic carbocycles. The van der Waals surface area contributed by atoms with E-state index in [1.54, 1.807) is 0 Å². The number of amidine groups is 1. The van der Waals surface area contributed by atoms with E-state index >= 15 is 0 Å². The second-order valence-corrected chi connectivity index (χ2v) is 9.54. The van der Waals surface area contributed by atoms with Crippen LogP contribution in [0.3, 0.4) is 0 Å². The van der Waals surface area contributed by atoms with E-state index in [9.17, 15) is 0 Å². The molecule has 3 heterocycles. The van der Waals surface area contributed by atoms with Crippen molar-refractivity contribution >= 4 is 35.1 Å². The van der Waals surface area contributed by atoms with Crippen molar-refractivity contribution in [2.24, 2.45) is 4.99 Å².